The summed E-state index contributed by atoms with van der Waals surface area (Å²) < 4.78 is 6.35. The number of carbonyl (C=O) groups excluding carboxylic acids is 1. The number of methoxy groups -OCH3 is 1. The fourth-order valence-corrected chi connectivity index (χ4v) is 3.47. The number of ether oxygens (including phenoxy) is 1. The topological polar surface area (TPSA) is 38.3 Å². The van der Waals surface area contributed by atoms with Crippen LogP contribution in [0.15, 0.2) is 22.7 Å². The molecule has 1 aliphatic heterocycles. The number of halogens is 1. The number of ketones is 1. The van der Waals surface area contributed by atoms with Gasteiger partial charge in [-0.25, -0.2) is 0 Å². The molecule has 1 aliphatic rings. The molecule has 4 heteroatoms. The molecule has 0 bridgehead atoms. The molecular weight excluding hydrogens is 318 g/mol. The average Bonchev–Trinajstić information content (AvgIpc) is 2.89. The summed E-state index contributed by atoms with van der Waals surface area (Å²) in [5.74, 6) is 1.12. The Morgan fingerprint density at radius 1 is 1.50 bits per heavy atom. The summed E-state index contributed by atoms with van der Waals surface area (Å²) in [5, 5.41) is 3.34. The molecule has 0 saturated carbocycles. The zero-order valence-corrected chi connectivity index (χ0v) is 13.8. The van der Waals surface area contributed by atoms with E-state index in [4.69, 9.17) is 4.74 Å². The molecule has 1 atom stereocenters. The van der Waals surface area contributed by atoms with Crippen LogP contribution in [0.4, 0.5) is 0 Å². The van der Waals surface area contributed by atoms with Crippen LogP contribution < -0.4 is 10.1 Å². The Balaban J connectivity index is 2.20. The summed E-state index contributed by atoms with van der Waals surface area (Å²) in [6, 6.07) is 5.83. The fourth-order valence-electron chi connectivity index (χ4n) is 3.06. The number of nitrogens with one attached hydrogen (secondary N) is 1. The second-order valence-corrected chi connectivity index (χ2v) is 6.43. The van der Waals surface area contributed by atoms with Gasteiger partial charge in [-0.05, 0) is 37.6 Å². The lowest BCUT2D eigenvalue weighted by Gasteiger charge is -2.26. The van der Waals surface area contributed by atoms with Crippen LogP contribution in [0.25, 0.3) is 0 Å². The number of rotatable bonds is 6. The fraction of sp³-hybridized carbons (Fsp3) is 0.562. The smallest absolute Gasteiger partial charge is 0.144 e. The third kappa shape index (κ3) is 3.23. The van der Waals surface area contributed by atoms with Gasteiger partial charge in [0.15, 0.2) is 0 Å². The number of hydrogen-bond acceptors (Lipinski definition) is 3. The molecule has 2 rings (SSSR count). The molecule has 0 spiro atoms. The molecule has 0 aliphatic carbocycles. The molecule has 1 aromatic carbocycles. The van der Waals surface area contributed by atoms with Crippen LogP contribution in [0.5, 0.6) is 5.75 Å². The number of carbonyl (C=O) groups is 1. The molecule has 1 unspecified atom stereocenters. The highest BCUT2D eigenvalue weighted by atomic mass is 79.9. The minimum atomic E-state index is -0.178. The van der Waals surface area contributed by atoms with E-state index in [9.17, 15) is 4.79 Å². The minimum absolute atomic E-state index is 0.178. The Kier molecular flexibility index (Phi) is 5.22. The Morgan fingerprint density at radius 3 is 2.90 bits per heavy atom. The van der Waals surface area contributed by atoms with Crippen LogP contribution in [0.3, 0.4) is 0 Å². The zero-order chi connectivity index (χ0) is 14.6. The van der Waals surface area contributed by atoms with Crippen molar-refractivity contribution in [2.75, 3.05) is 20.2 Å². The summed E-state index contributed by atoms with van der Waals surface area (Å²) in [7, 11) is 1.65. The van der Waals surface area contributed by atoms with Gasteiger partial charge < -0.3 is 10.1 Å². The highest BCUT2D eigenvalue weighted by Crippen LogP contribution is 2.35. The lowest BCUT2D eigenvalue weighted by Crippen LogP contribution is -2.34. The lowest BCUT2D eigenvalue weighted by atomic mass is 9.76. The highest BCUT2D eigenvalue weighted by molar-refractivity contribution is 9.10. The maximum Gasteiger partial charge on any atom is 0.144 e. The van der Waals surface area contributed by atoms with E-state index in [0.717, 1.165) is 48.1 Å². The van der Waals surface area contributed by atoms with Gasteiger partial charge in [-0.2, -0.15) is 0 Å². The molecule has 1 aromatic rings. The molecule has 3 nitrogen and oxygen atoms in total. The quantitative estimate of drug-likeness (QED) is 0.863. The van der Waals surface area contributed by atoms with Crippen LogP contribution in [-0.2, 0) is 11.2 Å². The summed E-state index contributed by atoms with van der Waals surface area (Å²) in [6.07, 6.45) is 3.42. The van der Waals surface area contributed by atoms with Gasteiger partial charge in [0.2, 0.25) is 0 Å². The maximum atomic E-state index is 12.8. The zero-order valence-electron chi connectivity index (χ0n) is 12.2. The monoisotopic (exact) mass is 339 g/mol. The first-order valence-corrected chi connectivity index (χ1v) is 7.97. The number of Topliss-reactive ketones (excluding diaryl/α,β-unsaturated/α-hetero) is 1. The van der Waals surface area contributed by atoms with E-state index in [1.807, 2.05) is 18.2 Å². The van der Waals surface area contributed by atoms with Gasteiger partial charge in [-0.1, -0.05) is 29.3 Å². The Morgan fingerprint density at radius 2 is 2.30 bits per heavy atom. The molecule has 1 saturated heterocycles. The van der Waals surface area contributed by atoms with E-state index in [1.54, 1.807) is 7.11 Å². The van der Waals surface area contributed by atoms with Crippen molar-refractivity contribution in [2.24, 2.45) is 5.41 Å². The first-order valence-electron chi connectivity index (χ1n) is 7.18. The van der Waals surface area contributed by atoms with Crippen LogP contribution in [0.2, 0.25) is 0 Å². The van der Waals surface area contributed by atoms with Gasteiger partial charge in [-0.3, -0.25) is 4.79 Å². The van der Waals surface area contributed by atoms with Crippen molar-refractivity contribution in [1.29, 1.82) is 0 Å². The second-order valence-electron chi connectivity index (χ2n) is 5.51. The van der Waals surface area contributed by atoms with E-state index in [2.05, 4.69) is 28.2 Å². The predicted octanol–water partition coefficient (Wildman–Crippen LogP) is 3.35. The Hall–Kier alpha value is -0.870. The molecule has 20 heavy (non-hydrogen) atoms. The van der Waals surface area contributed by atoms with Crippen molar-refractivity contribution in [1.82, 2.24) is 5.32 Å². The van der Waals surface area contributed by atoms with Crippen LogP contribution in [0, 0.1) is 5.41 Å². The summed E-state index contributed by atoms with van der Waals surface area (Å²) in [5.41, 5.74) is 0.788. The molecule has 0 radical (unpaired) electrons. The van der Waals surface area contributed by atoms with Gasteiger partial charge in [-0.15, -0.1) is 0 Å². The van der Waals surface area contributed by atoms with Crippen molar-refractivity contribution >= 4 is 21.7 Å². The largest absolute Gasteiger partial charge is 0.496 e. The van der Waals surface area contributed by atoms with Gasteiger partial charge in [0, 0.05) is 28.4 Å². The van der Waals surface area contributed by atoms with Crippen LogP contribution in [0.1, 0.15) is 31.7 Å². The summed E-state index contributed by atoms with van der Waals surface area (Å²) in [6.45, 7) is 3.91. The average molecular weight is 340 g/mol. The van der Waals surface area contributed by atoms with Crippen LogP contribution in [-0.4, -0.2) is 26.0 Å². The van der Waals surface area contributed by atoms with Gasteiger partial charge in [0.05, 0.1) is 7.11 Å². The Bertz CT molecular complexity index is 481. The highest BCUT2D eigenvalue weighted by Gasteiger charge is 2.39. The van der Waals surface area contributed by atoms with Crippen molar-refractivity contribution in [3.8, 4) is 5.75 Å². The molecule has 110 valence electrons. The Labute approximate surface area is 129 Å². The van der Waals surface area contributed by atoms with E-state index in [0.29, 0.717) is 12.2 Å². The third-order valence-electron chi connectivity index (χ3n) is 4.16. The normalized spacial score (nSPS) is 21.9. The number of hydrogen-bond donors (Lipinski definition) is 1. The van der Waals surface area contributed by atoms with Crippen LogP contribution >= 0.6 is 15.9 Å². The molecule has 0 aromatic heterocycles. The SMILES string of the molecule is CCCC1(C(=O)Cc2cc(Br)ccc2OC)CCNC1. The third-order valence-corrected chi connectivity index (χ3v) is 4.65. The molecule has 1 heterocycles. The molecular formula is C16H22BrNO2. The molecule has 0 amide bonds. The predicted molar refractivity (Wildman–Crippen MR) is 84.2 cm³/mol. The summed E-state index contributed by atoms with van der Waals surface area (Å²) >= 11 is 3.46. The first kappa shape index (κ1) is 15.5. The van der Waals surface area contributed by atoms with Gasteiger partial charge >= 0.3 is 0 Å². The molecule has 1 fully saturated rings. The van der Waals surface area contributed by atoms with E-state index in [1.165, 1.54) is 0 Å². The van der Waals surface area contributed by atoms with Gasteiger partial charge in [0.25, 0.3) is 0 Å². The van der Waals surface area contributed by atoms with Crippen molar-refractivity contribution in [2.45, 2.75) is 32.6 Å². The second kappa shape index (κ2) is 6.72. The van der Waals surface area contributed by atoms with E-state index in [-0.39, 0.29) is 5.41 Å². The van der Waals surface area contributed by atoms with Crippen molar-refractivity contribution in [3.05, 3.63) is 28.2 Å². The molecule has 1 N–H and O–H groups in total. The lowest BCUT2D eigenvalue weighted by molar-refractivity contribution is -0.127. The van der Waals surface area contributed by atoms with E-state index >= 15 is 0 Å². The standard InChI is InChI=1S/C16H22BrNO2/c1-3-6-16(7-8-18-11-16)15(19)10-12-9-13(17)4-5-14(12)20-2/h4-5,9,18H,3,6-8,10-11H2,1-2H3. The maximum absolute atomic E-state index is 12.8. The first-order chi connectivity index (χ1) is 9.61. The minimum Gasteiger partial charge on any atom is -0.496 e. The van der Waals surface area contributed by atoms with Crippen molar-refractivity contribution in [3.63, 3.8) is 0 Å². The van der Waals surface area contributed by atoms with E-state index < -0.39 is 0 Å². The van der Waals surface area contributed by atoms with Crippen molar-refractivity contribution < 1.29 is 9.53 Å². The summed E-state index contributed by atoms with van der Waals surface area (Å²) in [4.78, 5) is 12.8. The van der Waals surface area contributed by atoms with Gasteiger partial charge in [0.1, 0.15) is 11.5 Å². The number of benzene rings is 1.